The van der Waals surface area contributed by atoms with Crippen LogP contribution in [0.5, 0.6) is 0 Å². The van der Waals surface area contributed by atoms with Crippen LogP contribution < -0.4 is 0 Å². The standard InChI is InChI=1S/C11H18N2O/c1-7(2)11-12-8-5-4-6-9(14-3)10(8)13-11/h7,9H,4-6H2,1-3H3,(H,12,13). The van der Waals surface area contributed by atoms with Crippen molar-refractivity contribution in [1.82, 2.24) is 9.97 Å². The molecule has 3 heteroatoms. The predicted octanol–water partition coefficient (Wildman–Crippen LogP) is 2.56. The first-order valence-corrected chi connectivity index (χ1v) is 5.34. The number of rotatable bonds is 2. The molecule has 1 unspecified atom stereocenters. The average Bonchev–Trinajstić information content (AvgIpc) is 2.60. The molecule has 1 aliphatic carbocycles. The Labute approximate surface area is 84.9 Å². The lowest BCUT2D eigenvalue weighted by Gasteiger charge is -2.19. The summed E-state index contributed by atoms with van der Waals surface area (Å²) < 4.78 is 5.43. The van der Waals surface area contributed by atoms with E-state index in [0.717, 1.165) is 24.4 Å². The summed E-state index contributed by atoms with van der Waals surface area (Å²) in [7, 11) is 1.77. The third-order valence-electron chi connectivity index (χ3n) is 2.86. The van der Waals surface area contributed by atoms with Gasteiger partial charge in [-0.3, -0.25) is 0 Å². The molecular weight excluding hydrogens is 176 g/mol. The third-order valence-corrected chi connectivity index (χ3v) is 2.86. The Morgan fingerprint density at radius 3 is 2.93 bits per heavy atom. The molecular formula is C11H18N2O. The van der Waals surface area contributed by atoms with Crippen molar-refractivity contribution in [3.8, 4) is 0 Å². The summed E-state index contributed by atoms with van der Waals surface area (Å²) in [4.78, 5) is 8.03. The summed E-state index contributed by atoms with van der Waals surface area (Å²) in [5.74, 6) is 1.57. The fourth-order valence-corrected chi connectivity index (χ4v) is 2.00. The van der Waals surface area contributed by atoms with Gasteiger partial charge in [0.05, 0.1) is 5.69 Å². The van der Waals surface area contributed by atoms with Gasteiger partial charge >= 0.3 is 0 Å². The molecule has 0 amide bonds. The van der Waals surface area contributed by atoms with E-state index in [-0.39, 0.29) is 6.10 Å². The van der Waals surface area contributed by atoms with Gasteiger partial charge in [0.15, 0.2) is 0 Å². The Hall–Kier alpha value is -0.830. The van der Waals surface area contributed by atoms with Crippen LogP contribution in [-0.2, 0) is 11.2 Å². The lowest BCUT2D eigenvalue weighted by molar-refractivity contribution is 0.0846. The van der Waals surface area contributed by atoms with Crippen molar-refractivity contribution < 1.29 is 4.74 Å². The Bertz CT molecular complexity index is 317. The molecule has 1 heterocycles. The third kappa shape index (κ3) is 1.57. The van der Waals surface area contributed by atoms with Gasteiger partial charge in [-0.2, -0.15) is 0 Å². The van der Waals surface area contributed by atoms with Crippen LogP contribution in [0, 0.1) is 0 Å². The molecule has 0 aliphatic heterocycles. The first-order valence-electron chi connectivity index (χ1n) is 5.34. The number of imidazole rings is 1. The van der Waals surface area contributed by atoms with Gasteiger partial charge in [0.1, 0.15) is 11.9 Å². The Morgan fingerprint density at radius 2 is 2.29 bits per heavy atom. The second-order valence-electron chi connectivity index (χ2n) is 4.26. The van der Waals surface area contributed by atoms with Crippen LogP contribution >= 0.6 is 0 Å². The van der Waals surface area contributed by atoms with Gasteiger partial charge < -0.3 is 9.72 Å². The number of aromatic amines is 1. The van der Waals surface area contributed by atoms with Crippen molar-refractivity contribution in [3.05, 3.63) is 17.2 Å². The molecule has 1 atom stereocenters. The molecule has 0 radical (unpaired) electrons. The highest BCUT2D eigenvalue weighted by Gasteiger charge is 2.24. The monoisotopic (exact) mass is 194 g/mol. The number of H-pyrrole nitrogens is 1. The van der Waals surface area contributed by atoms with E-state index in [0.29, 0.717) is 5.92 Å². The second kappa shape index (κ2) is 3.73. The topological polar surface area (TPSA) is 37.9 Å². The summed E-state index contributed by atoms with van der Waals surface area (Å²) in [6, 6.07) is 0. The number of methoxy groups -OCH3 is 1. The molecule has 78 valence electrons. The summed E-state index contributed by atoms with van der Waals surface area (Å²) in [6.07, 6.45) is 3.63. The first kappa shape index (κ1) is 9.71. The van der Waals surface area contributed by atoms with Crippen molar-refractivity contribution >= 4 is 0 Å². The van der Waals surface area contributed by atoms with E-state index in [1.54, 1.807) is 7.11 Å². The highest BCUT2D eigenvalue weighted by Crippen LogP contribution is 2.31. The van der Waals surface area contributed by atoms with Gasteiger partial charge in [0.25, 0.3) is 0 Å². The first-order chi connectivity index (χ1) is 6.72. The fraction of sp³-hybridized carbons (Fsp3) is 0.727. The number of nitrogens with one attached hydrogen (secondary N) is 1. The van der Waals surface area contributed by atoms with E-state index in [1.807, 2.05) is 0 Å². The van der Waals surface area contributed by atoms with Crippen molar-refractivity contribution in [2.45, 2.75) is 45.1 Å². The van der Waals surface area contributed by atoms with Gasteiger partial charge in [0, 0.05) is 18.7 Å². The molecule has 0 aromatic carbocycles. The summed E-state index contributed by atoms with van der Waals surface area (Å²) in [5, 5.41) is 0. The molecule has 0 saturated heterocycles. The van der Waals surface area contributed by atoms with E-state index in [9.17, 15) is 0 Å². The van der Waals surface area contributed by atoms with E-state index in [4.69, 9.17) is 4.74 Å². The molecule has 0 saturated carbocycles. The minimum absolute atomic E-state index is 0.211. The minimum Gasteiger partial charge on any atom is -0.375 e. The largest absolute Gasteiger partial charge is 0.375 e. The van der Waals surface area contributed by atoms with Crippen LogP contribution in [0.3, 0.4) is 0 Å². The van der Waals surface area contributed by atoms with Gasteiger partial charge in [0.2, 0.25) is 0 Å². The maximum absolute atomic E-state index is 5.43. The van der Waals surface area contributed by atoms with Gasteiger partial charge in [-0.25, -0.2) is 4.98 Å². The lowest BCUT2D eigenvalue weighted by Crippen LogP contribution is -2.10. The smallest absolute Gasteiger partial charge is 0.109 e. The normalized spacial score (nSPS) is 21.3. The van der Waals surface area contributed by atoms with Gasteiger partial charge in [-0.1, -0.05) is 13.8 Å². The SMILES string of the molecule is COC1CCCc2[nH]c(C(C)C)nc21. The zero-order chi connectivity index (χ0) is 10.1. The number of aromatic nitrogens is 2. The van der Waals surface area contributed by atoms with Crippen molar-refractivity contribution in [2.75, 3.05) is 7.11 Å². The number of ether oxygens (including phenoxy) is 1. The van der Waals surface area contributed by atoms with Crippen LogP contribution in [0.1, 0.15) is 55.9 Å². The molecule has 1 aromatic rings. The Morgan fingerprint density at radius 1 is 1.50 bits per heavy atom. The van der Waals surface area contributed by atoms with Crippen LogP contribution in [-0.4, -0.2) is 17.1 Å². The van der Waals surface area contributed by atoms with Crippen LogP contribution in [0.4, 0.5) is 0 Å². The number of aryl methyl sites for hydroxylation is 1. The van der Waals surface area contributed by atoms with E-state index in [1.165, 1.54) is 12.1 Å². The van der Waals surface area contributed by atoms with Crippen molar-refractivity contribution in [3.63, 3.8) is 0 Å². The molecule has 1 aliphatic rings. The van der Waals surface area contributed by atoms with Crippen molar-refractivity contribution in [2.24, 2.45) is 0 Å². The highest BCUT2D eigenvalue weighted by molar-refractivity contribution is 5.21. The predicted molar refractivity (Wildman–Crippen MR) is 55.4 cm³/mol. The zero-order valence-electron chi connectivity index (χ0n) is 9.13. The summed E-state index contributed by atoms with van der Waals surface area (Å²) in [6.45, 7) is 4.32. The molecule has 3 nitrogen and oxygen atoms in total. The van der Waals surface area contributed by atoms with E-state index >= 15 is 0 Å². The molecule has 2 rings (SSSR count). The molecule has 1 N–H and O–H groups in total. The molecule has 1 aromatic heterocycles. The number of fused-ring (bicyclic) bond motifs is 1. The molecule has 0 fully saturated rings. The zero-order valence-corrected chi connectivity index (χ0v) is 9.13. The number of nitrogens with zero attached hydrogens (tertiary/aromatic N) is 1. The van der Waals surface area contributed by atoms with Crippen LogP contribution in [0.15, 0.2) is 0 Å². The Kier molecular flexibility index (Phi) is 2.59. The molecule has 0 bridgehead atoms. The second-order valence-corrected chi connectivity index (χ2v) is 4.26. The van der Waals surface area contributed by atoms with Crippen molar-refractivity contribution in [1.29, 1.82) is 0 Å². The van der Waals surface area contributed by atoms with Gasteiger partial charge in [-0.15, -0.1) is 0 Å². The minimum atomic E-state index is 0.211. The summed E-state index contributed by atoms with van der Waals surface area (Å²) in [5.41, 5.74) is 2.43. The fourth-order valence-electron chi connectivity index (χ4n) is 2.00. The number of hydrogen-bond donors (Lipinski definition) is 1. The molecule has 14 heavy (non-hydrogen) atoms. The maximum atomic E-state index is 5.43. The maximum Gasteiger partial charge on any atom is 0.109 e. The van der Waals surface area contributed by atoms with Gasteiger partial charge in [-0.05, 0) is 19.3 Å². The van der Waals surface area contributed by atoms with Crippen LogP contribution in [0.25, 0.3) is 0 Å². The van der Waals surface area contributed by atoms with E-state index < -0.39 is 0 Å². The summed E-state index contributed by atoms with van der Waals surface area (Å²) >= 11 is 0. The molecule has 0 spiro atoms. The van der Waals surface area contributed by atoms with Crippen LogP contribution in [0.2, 0.25) is 0 Å². The number of hydrogen-bond acceptors (Lipinski definition) is 2. The van der Waals surface area contributed by atoms with E-state index in [2.05, 4.69) is 23.8 Å². The Balaban J connectivity index is 2.33. The lowest BCUT2D eigenvalue weighted by atomic mass is 9.98. The highest BCUT2D eigenvalue weighted by atomic mass is 16.5. The quantitative estimate of drug-likeness (QED) is 0.785. The average molecular weight is 194 g/mol.